The first-order valence-electron chi connectivity index (χ1n) is 6.44. The smallest absolute Gasteiger partial charge is 0.254 e. The number of hydrogen-bond acceptors (Lipinski definition) is 4. The highest BCUT2D eigenvalue weighted by atomic mass is 16.3. The summed E-state index contributed by atoms with van der Waals surface area (Å²) in [4.78, 5) is 13.7. The van der Waals surface area contributed by atoms with Crippen molar-refractivity contribution in [1.82, 2.24) is 4.90 Å². The van der Waals surface area contributed by atoms with Crippen LogP contribution in [0.2, 0.25) is 0 Å². The molecule has 0 heterocycles. The van der Waals surface area contributed by atoms with Crippen LogP contribution in [0.25, 0.3) is 0 Å². The predicted molar refractivity (Wildman–Crippen MR) is 77.2 cm³/mol. The maximum atomic E-state index is 12.2. The molecule has 0 aliphatic carbocycles. The van der Waals surface area contributed by atoms with Gasteiger partial charge < -0.3 is 20.8 Å². The normalized spacial score (nSPS) is 9.80. The molecule has 0 aromatic heterocycles. The first-order chi connectivity index (χ1) is 9.63. The van der Waals surface area contributed by atoms with E-state index in [2.05, 4.69) is 11.8 Å². The first kappa shape index (κ1) is 16.2. The number of nitrogens with zero attached hydrogens (tertiary/aromatic N) is 1. The van der Waals surface area contributed by atoms with Crippen LogP contribution in [0.5, 0.6) is 0 Å². The van der Waals surface area contributed by atoms with Gasteiger partial charge in [-0.2, -0.15) is 0 Å². The van der Waals surface area contributed by atoms with Gasteiger partial charge in [-0.3, -0.25) is 4.79 Å². The highest BCUT2D eigenvalue weighted by Gasteiger charge is 2.15. The quantitative estimate of drug-likeness (QED) is 0.646. The van der Waals surface area contributed by atoms with Crippen molar-refractivity contribution in [2.75, 3.05) is 32.8 Å². The summed E-state index contributed by atoms with van der Waals surface area (Å²) in [5, 5.41) is 17.9. The van der Waals surface area contributed by atoms with E-state index in [4.69, 9.17) is 15.9 Å². The fourth-order valence-electron chi connectivity index (χ4n) is 1.82. The minimum Gasteiger partial charge on any atom is -0.395 e. The number of aliphatic hydroxyl groups is 2. The minimum absolute atomic E-state index is 0.134. The summed E-state index contributed by atoms with van der Waals surface area (Å²) >= 11 is 0. The molecule has 0 saturated carbocycles. The molecule has 108 valence electrons. The highest BCUT2D eigenvalue weighted by Crippen LogP contribution is 2.12. The van der Waals surface area contributed by atoms with E-state index in [0.29, 0.717) is 12.1 Å². The van der Waals surface area contributed by atoms with Crippen molar-refractivity contribution in [3.05, 3.63) is 34.9 Å². The molecule has 5 heteroatoms. The molecule has 1 rings (SSSR count). The van der Waals surface area contributed by atoms with Gasteiger partial charge in [0.05, 0.1) is 19.8 Å². The van der Waals surface area contributed by atoms with Gasteiger partial charge in [0.15, 0.2) is 0 Å². The number of carbonyl (C=O) groups is 1. The highest BCUT2D eigenvalue weighted by molar-refractivity contribution is 5.94. The maximum Gasteiger partial charge on any atom is 0.254 e. The van der Waals surface area contributed by atoms with Gasteiger partial charge in [0, 0.05) is 24.2 Å². The van der Waals surface area contributed by atoms with Crippen LogP contribution in [0.15, 0.2) is 18.2 Å². The SMILES string of the molecule is Cc1cc(C(=O)N(CCO)CCO)ccc1C#CCN. The third-order valence-electron chi connectivity index (χ3n) is 2.83. The monoisotopic (exact) mass is 276 g/mol. The topological polar surface area (TPSA) is 86.8 Å². The number of amides is 1. The first-order valence-corrected chi connectivity index (χ1v) is 6.44. The Bertz CT molecular complexity index is 512. The molecule has 1 aromatic carbocycles. The van der Waals surface area contributed by atoms with E-state index >= 15 is 0 Å². The fourth-order valence-corrected chi connectivity index (χ4v) is 1.82. The molecule has 0 fully saturated rings. The van der Waals surface area contributed by atoms with Crippen molar-refractivity contribution in [2.24, 2.45) is 5.73 Å². The Morgan fingerprint density at radius 3 is 2.45 bits per heavy atom. The van der Waals surface area contributed by atoms with Gasteiger partial charge in [0.25, 0.3) is 5.91 Å². The van der Waals surface area contributed by atoms with Crippen molar-refractivity contribution in [2.45, 2.75) is 6.92 Å². The van der Waals surface area contributed by atoms with Crippen LogP contribution in [0.4, 0.5) is 0 Å². The van der Waals surface area contributed by atoms with Gasteiger partial charge in [0.1, 0.15) is 0 Å². The lowest BCUT2D eigenvalue weighted by Crippen LogP contribution is -2.35. The largest absolute Gasteiger partial charge is 0.395 e. The van der Waals surface area contributed by atoms with E-state index in [1.165, 1.54) is 4.90 Å². The summed E-state index contributed by atoms with van der Waals surface area (Å²) in [6.07, 6.45) is 0. The summed E-state index contributed by atoms with van der Waals surface area (Å²) in [6.45, 7) is 2.30. The van der Waals surface area contributed by atoms with Crippen LogP contribution >= 0.6 is 0 Å². The molecule has 0 atom stereocenters. The molecule has 0 spiro atoms. The zero-order valence-corrected chi connectivity index (χ0v) is 11.6. The van der Waals surface area contributed by atoms with E-state index in [1.807, 2.05) is 6.92 Å². The summed E-state index contributed by atoms with van der Waals surface area (Å²) in [6, 6.07) is 5.23. The molecule has 1 amide bonds. The van der Waals surface area contributed by atoms with Gasteiger partial charge in [-0.25, -0.2) is 0 Å². The third-order valence-corrected chi connectivity index (χ3v) is 2.83. The number of nitrogens with two attached hydrogens (primary N) is 1. The summed E-state index contributed by atoms with van der Waals surface area (Å²) in [5.74, 6) is 5.50. The van der Waals surface area contributed by atoms with Gasteiger partial charge in [-0.05, 0) is 30.7 Å². The number of rotatable bonds is 5. The lowest BCUT2D eigenvalue weighted by atomic mass is 10.0. The Labute approximate surface area is 119 Å². The zero-order chi connectivity index (χ0) is 15.0. The molecule has 0 aliphatic heterocycles. The van der Waals surface area contributed by atoms with E-state index in [-0.39, 0.29) is 32.2 Å². The molecule has 0 aliphatic rings. The Balaban J connectivity index is 2.95. The fraction of sp³-hybridized carbons (Fsp3) is 0.400. The number of hydrogen-bond donors (Lipinski definition) is 3. The second-order valence-electron chi connectivity index (χ2n) is 4.28. The molecule has 0 saturated heterocycles. The van der Waals surface area contributed by atoms with Gasteiger partial charge in [-0.1, -0.05) is 11.8 Å². The second-order valence-corrected chi connectivity index (χ2v) is 4.28. The lowest BCUT2D eigenvalue weighted by Gasteiger charge is -2.21. The van der Waals surface area contributed by atoms with Gasteiger partial charge in [0.2, 0.25) is 0 Å². The summed E-state index contributed by atoms with van der Waals surface area (Å²) < 4.78 is 0. The van der Waals surface area contributed by atoms with Gasteiger partial charge >= 0.3 is 0 Å². The summed E-state index contributed by atoms with van der Waals surface area (Å²) in [5.41, 5.74) is 7.57. The van der Waals surface area contributed by atoms with Crippen molar-refractivity contribution in [3.8, 4) is 11.8 Å². The van der Waals surface area contributed by atoms with Crippen LogP contribution in [-0.2, 0) is 0 Å². The lowest BCUT2D eigenvalue weighted by molar-refractivity contribution is 0.0684. The van der Waals surface area contributed by atoms with E-state index in [1.54, 1.807) is 18.2 Å². The van der Waals surface area contributed by atoms with Crippen LogP contribution in [0.3, 0.4) is 0 Å². The van der Waals surface area contributed by atoms with Crippen LogP contribution in [0.1, 0.15) is 21.5 Å². The number of carbonyl (C=O) groups excluding carboxylic acids is 1. The van der Waals surface area contributed by atoms with Crippen molar-refractivity contribution < 1.29 is 15.0 Å². The number of benzene rings is 1. The number of aliphatic hydroxyl groups excluding tert-OH is 2. The average Bonchev–Trinajstić information content (AvgIpc) is 2.45. The number of aryl methyl sites for hydroxylation is 1. The Kier molecular flexibility index (Phi) is 6.74. The van der Waals surface area contributed by atoms with Gasteiger partial charge in [-0.15, -0.1) is 0 Å². The van der Waals surface area contributed by atoms with E-state index < -0.39 is 0 Å². The van der Waals surface area contributed by atoms with Crippen LogP contribution in [0, 0.1) is 18.8 Å². The Morgan fingerprint density at radius 2 is 1.95 bits per heavy atom. The molecule has 20 heavy (non-hydrogen) atoms. The maximum absolute atomic E-state index is 12.2. The standard InChI is InChI=1S/C15H20N2O3/c1-12-11-14(5-4-13(12)3-2-6-16)15(20)17(7-9-18)8-10-19/h4-5,11,18-19H,6-10,16H2,1H3. The molecular weight excluding hydrogens is 256 g/mol. The third kappa shape index (κ3) is 4.35. The van der Waals surface area contributed by atoms with Crippen molar-refractivity contribution in [3.63, 3.8) is 0 Å². The molecule has 0 unspecified atom stereocenters. The van der Waals surface area contributed by atoms with Crippen molar-refractivity contribution >= 4 is 5.91 Å². The van der Waals surface area contributed by atoms with E-state index in [0.717, 1.165) is 11.1 Å². The zero-order valence-electron chi connectivity index (χ0n) is 11.6. The molecule has 0 radical (unpaired) electrons. The Morgan fingerprint density at radius 1 is 1.30 bits per heavy atom. The molecule has 1 aromatic rings. The summed E-state index contributed by atoms with van der Waals surface area (Å²) in [7, 11) is 0. The molecule has 4 N–H and O–H groups in total. The average molecular weight is 276 g/mol. The van der Waals surface area contributed by atoms with Crippen LogP contribution < -0.4 is 5.73 Å². The van der Waals surface area contributed by atoms with Crippen molar-refractivity contribution in [1.29, 1.82) is 0 Å². The molecule has 0 bridgehead atoms. The van der Waals surface area contributed by atoms with E-state index in [9.17, 15) is 4.79 Å². The van der Waals surface area contributed by atoms with Crippen LogP contribution in [-0.4, -0.2) is 53.9 Å². The minimum atomic E-state index is -0.213. The molecular formula is C15H20N2O3. The second kappa shape index (κ2) is 8.33. The predicted octanol–water partition coefficient (Wildman–Crippen LogP) is -0.268. The Hall–Kier alpha value is -1.87. The molecule has 5 nitrogen and oxygen atoms in total.